The lowest BCUT2D eigenvalue weighted by atomic mass is 10.1. The number of hydrogen-bond donors (Lipinski definition) is 1. The normalized spacial score (nSPS) is 16.5. The molecule has 3 heterocycles. The van der Waals surface area contributed by atoms with E-state index in [1.165, 1.54) is 11.6 Å². The molecule has 32 heavy (non-hydrogen) atoms. The second-order valence-corrected chi connectivity index (χ2v) is 8.59. The third-order valence-electron chi connectivity index (χ3n) is 5.68. The molecule has 1 aromatic carbocycles. The first-order chi connectivity index (χ1) is 15.3. The smallest absolute Gasteiger partial charge is 0.332 e. The molecule has 0 bridgehead atoms. The standard InChI is InChI=1S/C22H25ClN6O3/c1-14(23)11-28-18-19(25-21(28)27-10-6-9-16(24)12-27)26(2)22(32)29(20(18)31)13-17(30)15-7-4-3-5-8-15/h3-5,7-8,16H,1,6,9-13,24H2,2H3. The van der Waals surface area contributed by atoms with Crippen molar-refractivity contribution in [3.63, 3.8) is 0 Å². The van der Waals surface area contributed by atoms with Gasteiger partial charge in [0.25, 0.3) is 5.56 Å². The molecule has 9 nitrogen and oxygen atoms in total. The fraction of sp³-hybridized carbons (Fsp3) is 0.364. The lowest BCUT2D eigenvalue weighted by Gasteiger charge is -2.31. The number of benzene rings is 1. The van der Waals surface area contributed by atoms with Crippen LogP contribution in [0.4, 0.5) is 5.95 Å². The zero-order valence-corrected chi connectivity index (χ0v) is 18.6. The summed E-state index contributed by atoms with van der Waals surface area (Å²) in [6.45, 7) is 4.82. The second-order valence-electron chi connectivity index (χ2n) is 8.06. The van der Waals surface area contributed by atoms with Gasteiger partial charge >= 0.3 is 5.69 Å². The Balaban J connectivity index is 1.89. The minimum Gasteiger partial charge on any atom is -0.341 e. The number of hydrogen-bond acceptors (Lipinski definition) is 6. The quantitative estimate of drug-likeness (QED) is 0.562. The van der Waals surface area contributed by atoms with Gasteiger partial charge in [0, 0.05) is 36.8 Å². The molecule has 1 saturated heterocycles. The Labute approximate surface area is 189 Å². The Hall–Kier alpha value is -3.17. The van der Waals surface area contributed by atoms with E-state index in [0.717, 1.165) is 24.0 Å². The number of allylic oxidation sites excluding steroid dienone is 1. The first-order valence-corrected chi connectivity index (χ1v) is 10.8. The molecular weight excluding hydrogens is 432 g/mol. The summed E-state index contributed by atoms with van der Waals surface area (Å²) in [7, 11) is 1.53. The number of anilines is 1. The molecule has 3 aromatic rings. The average molecular weight is 457 g/mol. The average Bonchev–Trinajstić information content (AvgIpc) is 3.14. The van der Waals surface area contributed by atoms with E-state index in [1.54, 1.807) is 34.9 Å². The summed E-state index contributed by atoms with van der Waals surface area (Å²) < 4.78 is 3.89. The maximum absolute atomic E-state index is 13.5. The lowest BCUT2D eigenvalue weighted by Crippen LogP contribution is -2.44. The summed E-state index contributed by atoms with van der Waals surface area (Å²) in [5.74, 6) is 0.176. The number of rotatable bonds is 6. The van der Waals surface area contributed by atoms with Crippen LogP contribution in [-0.2, 0) is 20.1 Å². The molecular formula is C22H25ClN6O3. The molecule has 0 saturated carbocycles. The van der Waals surface area contributed by atoms with Crippen molar-refractivity contribution in [3.8, 4) is 0 Å². The number of ketones is 1. The van der Waals surface area contributed by atoms with E-state index >= 15 is 0 Å². The van der Waals surface area contributed by atoms with Gasteiger partial charge in [0.05, 0.1) is 13.1 Å². The first kappa shape index (κ1) is 22.0. The Morgan fingerprint density at radius 1 is 1.22 bits per heavy atom. The van der Waals surface area contributed by atoms with Crippen LogP contribution in [0.5, 0.6) is 0 Å². The van der Waals surface area contributed by atoms with Crippen molar-refractivity contribution in [2.75, 3.05) is 18.0 Å². The van der Waals surface area contributed by atoms with E-state index < -0.39 is 11.2 Å². The summed E-state index contributed by atoms with van der Waals surface area (Å²) in [6.07, 6.45) is 1.80. The molecule has 2 N–H and O–H groups in total. The van der Waals surface area contributed by atoms with Crippen LogP contribution in [0, 0.1) is 0 Å². The van der Waals surface area contributed by atoms with Crippen LogP contribution in [0.25, 0.3) is 11.2 Å². The molecule has 1 aliphatic heterocycles. The zero-order chi connectivity index (χ0) is 23.0. The fourth-order valence-electron chi connectivity index (χ4n) is 4.11. The monoisotopic (exact) mass is 456 g/mol. The number of aryl methyl sites for hydroxylation is 1. The van der Waals surface area contributed by atoms with Gasteiger partial charge in [0.15, 0.2) is 16.9 Å². The van der Waals surface area contributed by atoms with Crippen LogP contribution in [-0.4, -0.2) is 43.6 Å². The minimum atomic E-state index is -0.608. The third kappa shape index (κ3) is 4.01. The van der Waals surface area contributed by atoms with Crippen molar-refractivity contribution in [1.82, 2.24) is 18.7 Å². The number of imidazole rings is 1. The predicted octanol–water partition coefficient (Wildman–Crippen LogP) is 1.46. The van der Waals surface area contributed by atoms with Crippen LogP contribution < -0.4 is 21.9 Å². The SMILES string of the molecule is C=C(Cl)Cn1c(N2CCCC(N)C2)nc2c1c(=O)n(CC(=O)c1ccccc1)c(=O)n2C. The molecule has 1 unspecified atom stereocenters. The van der Waals surface area contributed by atoms with E-state index in [0.29, 0.717) is 23.1 Å². The van der Waals surface area contributed by atoms with Gasteiger partial charge in [-0.05, 0) is 12.8 Å². The highest BCUT2D eigenvalue weighted by atomic mass is 35.5. The summed E-state index contributed by atoms with van der Waals surface area (Å²) in [5.41, 5.74) is 5.80. The third-order valence-corrected chi connectivity index (χ3v) is 5.80. The number of aromatic nitrogens is 4. The molecule has 10 heteroatoms. The van der Waals surface area contributed by atoms with Crippen molar-refractivity contribution in [3.05, 3.63) is 68.3 Å². The van der Waals surface area contributed by atoms with Crippen LogP contribution in [0.1, 0.15) is 23.2 Å². The molecule has 0 spiro atoms. The maximum Gasteiger partial charge on any atom is 0.332 e. The second kappa shape index (κ2) is 8.76. The highest BCUT2D eigenvalue weighted by molar-refractivity contribution is 6.29. The minimum absolute atomic E-state index is 0.0137. The number of nitrogens with zero attached hydrogens (tertiary/aromatic N) is 5. The van der Waals surface area contributed by atoms with Crippen LogP contribution in [0.3, 0.4) is 0 Å². The molecule has 0 amide bonds. The largest absolute Gasteiger partial charge is 0.341 e. The molecule has 0 aliphatic carbocycles. The summed E-state index contributed by atoms with van der Waals surface area (Å²) in [5, 5.41) is 0.312. The first-order valence-electron chi connectivity index (χ1n) is 10.4. The van der Waals surface area contributed by atoms with Crippen LogP contribution >= 0.6 is 11.6 Å². The number of halogens is 1. The topological polar surface area (TPSA) is 108 Å². The van der Waals surface area contributed by atoms with Gasteiger partial charge in [-0.25, -0.2) is 4.79 Å². The van der Waals surface area contributed by atoms with Gasteiger partial charge in [-0.1, -0.05) is 48.5 Å². The van der Waals surface area contributed by atoms with Gasteiger partial charge in [-0.2, -0.15) is 4.98 Å². The van der Waals surface area contributed by atoms with Gasteiger partial charge < -0.3 is 10.6 Å². The molecule has 0 radical (unpaired) electrons. The number of piperidine rings is 1. The highest BCUT2D eigenvalue weighted by Crippen LogP contribution is 2.24. The lowest BCUT2D eigenvalue weighted by molar-refractivity contribution is 0.0969. The van der Waals surface area contributed by atoms with Crippen LogP contribution in [0.2, 0.25) is 0 Å². The number of nitrogens with two attached hydrogens (primary N) is 1. The maximum atomic E-state index is 13.5. The summed E-state index contributed by atoms with van der Waals surface area (Å²) in [6, 6.07) is 8.54. The molecule has 168 valence electrons. The molecule has 1 aliphatic rings. The van der Waals surface area contributed by atoms with Crippen molar-refractivity contribution in [1.29, 1.82) is 0 Å². The van der Waals surface area contributed by atoms with Gasteiger partial charge in [-0.15, -0.1) is 0 Å². The zero-order valence-electron chi connectivity index (χ0n) is 17.8. The van der Waals surface area contributed by atoms with Gasteiger partial charge in [0.2, 0.25) is 5.95 Å². The number of carbonyl (C=O) groups is 1. The van der Waals surface area contributed by atoms with Crippen molar-refractivity contribution in [2.24, 2.45) is 12.8 Å². The Morgan fingerprint density at radius 2 is 1.94 bits per heavy atom. The molecule has 1 atom stereocenters. The van der Waals surface area contributed by atoms with Crippen LogP contribution in [0.15, 0.2) is 51.5 Å². The van der Waals surface area contributed by atoms with Crippen molar-refractivity contribution >= 4 is 34.5 Å². The number of fused-ring (bicyclic) bond motifs is 1. The Bertz CT molecular complexity index is 1310. The van der Waals surface area contributed by atoms with Crippen molar-refractivity contribution < 1.29 is 4.79 Å². The molecule has 2 aromatic heterocycles. The molecule has 1 fully saturated rings. The Morgan fingerprint density at radius 3 is 2.59 bits per heavy atom. The van der Waals surface area contributed by atoms with E-state index in [-0.39, 0.29) is 36.1 Å². The van der Waals surface area contributed by atoms with E-state index in [9.17, 15) is 14.4 Å². The summed E-state index contributed by atoms with van der Waals surface area (Å²) >= 11 is 6.12. The van der Waals surface area contributed by atoms with E-state index in [2.05, 4.69) is 11.6 Å². The molecule has 4 rings (SSSR count). The summed E-state index contributed by atoms with van der Waals surface area (Å²) in [4.78, 5) is 45.8. The highest BCUT2D eigenvalue weighted by Gasteiger charge is 2.27. The van der Waals surface area contributed by atoms with E-state index in [4.69, 9.17) is 17.3 Å². The van der Waals surface area contributed by atoms with Gasteiger partial charge in [-0.3, -0.25) is 23.3 Å². The van der Waals surface area contributed by atoms with E-state index in [1.807, 2.05) is 4.90 Å². The fourth-order valence-corrected chi connectivity index (χ4v) is 4.23. The number of Topliss-reactive ketones (excluding diaryl/α,β-unsaturated/α-hetero) is 1. The van der Waals surface area contributed by atoms with Gasteiger partial charge in [0.1, 0.15) is 0 Å². The predicted molar refractivity (Wildman–Crippen MR) is 124 cm³/mol. The Kier molecular flexibility index (Phi) is 6.03. The van der Waals surface area contributed by atoms with Crippen molar-refractivity contribution in [2.45, 2.75) is 32.0 Å². The number of carbonyl (C=O) groups excluding carboxylic acids is 1.